The Morgan fingerprint density at radius 2 is 1.42 bits per heavy atom. The minimum absolute atomic E-state index is 0.0601. The molecule has 0 unspecified atom stereocenters. The summed E-state index contributed by atoms with van der Waals surface area (Å²) in [6.45, 7) is 1.92. The molecule has 1 amide bonds. The molecule has 0 fully saturated rings. The number of rotatable bonds is 9. The van der Waals surface area contributed by atoms with Crippen LogP contribution in [-0.4, -0.2) is 43.4 Å². The fraction of sp³-hybridized carbons (Fsp3) is 0.152. The van der Waals surface area contributed by atoms with Crippen LogP contribution in [0, 0.1) is 6.92 Å². The van der Waals surface area contributed by atoms with Gasteiger partial charge in [0.25, 0.3) is 0 Å². The van der Waals surface area contributed by atoms with Gasteiger partial charge in [-0.15, -0.1) is 0 Å². The minimum Gasteiger partial charge on any atom is -0.493 e. The van der Waals surface area contributed by atoms with E-state index in [9.17, 15) is 9.59 Å². The number of anilines is 3. The lowest BCUT2D eigenvalue weighted by Gasteiger charge is -2.25. The summed E-state index contributed by atoms with van der Waals surface area (Å²) in [6, 6.07) is 21.6. The van der Waals surface area contributed by atoms with E-state index in [1.807, 2.05) is 19.1 Å². The molecule has 4 aromatic carbocycles. The zero-order valence-corrected chi connectivity index (χ0v) is 25.1. The highest BCUT2D eigenvalue weighted by atomic mass is 16.6. The van der Waals surface area contributed by atoms with Crippen molar-refractivity contribution < 1.29 is 33.3 Å². The molecule has 0 aliphatic carbocycles. The first kappa shape index (κ1) is 30.4. The van der Waals surface area contributed by atoms with Crippen LogP contribution in [0.2, 0.25) is 0 Å². The molecular formula is C33H31N5O7. The molecule has 0 spiro atoms. The minimum atomic E-state index is -0.718. The fourth-order valence-corrected chi connectivity index (χ4v) is 4.78. The highest BCUT2D eigenvalue weighted by Gasteiger charge is 2.25. The number of nitrogens with two attached hydrogens (primary N) is 2. The highest BCUT2D eigenvalue weighted by Crippen LogP contribution is 2.42. The fourth-order valence-electron chi connectivity index (χ4n) is 4.78. The Kier molecular flexibility index (Phi) is 8.84. The number of hydrogen-bond acceptors (Lipinski definition) is 11. The third-order valence-corrected chi connectivity index (χ3v) is 7.04. The number of nitrogens with zero attached hydrogens (tertiary/aromatic N) is 3. The normalized spacial score (nSPS) is 10.7. The summed E-state index contributed by atoms with van der Waals surface area (Å²) in [5.41, 5.74) is 14.8. The van der Waals surface area contributed by atoms with Crippen molar-refractivity contribution in [3.63, 3.8) is 0 Å². The molecule has 45 heavy (non-hydrogen) atoms. The number of carbonyl (C=O) groups is 2. The zero-order valence-electron chi connectivity index (χ0n) is 25.1. The van der Waals surface area contributed by atoms with E-state index in [4.69, 9.17) is 35.2 Å². The number of hydrogen-bond donors (Lipinski definition) is 2. The van der Waals surface area contributed by atoms with Crippen LogP contribution in [0.5, 0.6) is 28.7 Å². The number of aromatic nitrogens is 2. The molecule has 0 atom stereocenters. The molecule has 12 nitrogen and oxygen atoms in total. The second-order valence-corrected chi connectivity index (χ2v) is 9.78. The predicted molar refractivity (Wildman–Crippen MR) is 169 cm³/mol. The maximum atomic E-state index is 13.9. The Balaban J connectivity index is 1.48. The van der Waals surface area contributed by atoms with Gasteiger partial charge in [-0.2, -0.15) is 4.98 Å². The lowest BCUT2D eigenvalue weighted by Crippen LogP contribution is -2.33. The molecule has 4 N–H and O–H groups in total. The van der Waals surface area contributed by atoms with Crippen LogP contribution in [0.15, 0.2) is 78.9 Å². The van der Waals surface area contributed by atoms with Crippen molar-refractivity contribution in [3.05, 3.63) is 95.6 Å². The van der Waals surface area contributed by atoms with Crippen molar-refractivity contribution in [2.75, 3.05) is 37.7 Å². The number of fused-ring (bicyclic) bond motifs is 1. The van der Waals surface area contributed by atoms with Gasteiger partial charge in [-0.1, -0.05) is 24.3 Å². The number of amides is 1. The molecule has 230 valence electrons. The molecule has 0 aliphatic heterocycles. The molecule has 0 bridgehead atoms. The summed E-state index contributed by atoms with van der Waals surface area (Å²) < 4.78 is 27.7. The van der Waals surface area contributed by atoms with Crippen LogP contribution >= 0.6 is 0 Å². The van der Waals surface area contributed by atoms with Gasteiger partial charge in [0.1, 0.15) is 17.3 Å². The molecule has 0 saturated heterocycles. The quantitative estimate of drug-likeness (QED) is 0.159. The first-order chi connectivity index (χ1) is 21.7. The average molecular weight is 610 g/mol. The highest BCUT2D eigenvalue weighted by molar-refractivity contribution is 5.94. The number of methoxy groups -OCH3 is 3. The third kappa shape index (κ3) is 6.49. The second kappa shape index (κ2) is 13.1. The first-order valence-corrected chi connectivity index (χ1v) is 13.7. The van der Waals surface area contributed by atoms with E-state index in [1.54, 1.807) is 42.5 Å². The number of carbonyl (C=O) groups excluding carboxylic acids is 2. The third-order valence-electron chi connectivity index (χ3n) is 7.04. The van der Waals surface area contributed by atoms with E-state index in [1.165, 1.54) is 50.5 Å². The van der Waals surface area contributed by atoms with Gasteiger partial charge in [0, 0.05) is 17.5 Å². The first-order valence-electron chi connectivity index (χ1n) is 13.7. The van der Waals surface area contributed by atoms with Crippen molar-refractivity contribution in [2.45, 2.75) is 13.5 Å². The Morgan fingerprint density at radius 3 is 2.04 bits per heavy atom. The zero-order chi connectivity index (χ0) is 32.1. The van der Waals surface area contributed by atoms with E-state index in [0.717, 1.165) is 11.1 Å². The molecule has 0 aliphatic rings. The largest absolute Gasteiger partial charge is 0.493 e. The van der Waals surface area contributed by atoms with Gasteiger partial charge < -0.3 is 35.2 Å². The Bertz CT molecular complexity index is 1840. The summed E-state index contributed by atoms with van der Waals surface area (Å²) in [7, 11) is 4.45. The van der Waals surface area contributed by atoms with Crippen molar-refractivity contribution in [1.82, 2.24) is 9.97 Å². The van der Waals surface area contributed by atoms with Crippen LogP contribution in [0.4, 0.5) is 22.2 Å². The van der Waals surface area contributed by atoms with Crippen LogP contribution < -0.4 is 40.1 Å². The van der Waals surface area contributed by atoms with Crippen LogP contribution in [0.25, 0.3) is 10.9 Å². The van der Waals surface area contributed by atoms with Crippen LogP contribution in [-0.2, 0) is 6.54 Å². The molecular weight excluding hydrogens is 578 g/mol. The summed E-state index contributed by atoms with van der Waals surface area (Å²) >= 11 is 0. The summed E-state index contributed by atoms with van der Waals surface area (Å²) in [6.07, 6.45) is -0.718. The van der Waals surface area contributed by atoms with Crippen molar-refractivity contribution >= 4 is 40.4 Å². The maximum Gasteiger partial charge on any atom is 0.420 e. The van der Waals surface area contributed by atoms with Gasteiger partial charge in [-0.3, -0.25) is 4.90 Å². The molecule has 5 rings (SSSR count). The van der Waals surface area contributed by atoms with Crippen molar-refractivity contribution in [3.8, 4) is 28.7 Å². The van der Waals surface area contributed by atoms with Gasteiger partial charge in [-0.05, 0) is 60.5 Å². The summed E-state index contributed by atoms with van der Waals surface area (Å²) in [4.78, 5) is 36.2. The van der Waals surface area contributed by atoms with Gasteiger partial charge in [-0.25, -0.2) is 14.6 Å². The Hall–Kier alpha value is -6.04. The standard InChI is InChI=1S/C33H31N5O7/c1-19-21(12-15-25-28(19)30(34)37-32(35)36-25)18-38(22-16-26(41-2)29(43-4)27(17-22)42-3)33(40)45-24-13-10-20(11-14-24)31(39)44-23-8-6-5-7-9-23/h5-17H,18H2,1-4H3,(H4,34,35,36,37). The number of nitrogen functional groups attached to an aromatic ring is 2. The van der Waals surface area contributed by atoms with E-state index < -0.39 is 12.1 Å². The van der Waals surface area contributed by atoms with E-state index in [-0.39, 0.29) is 29.6 Å². The van der Waals surface area contributed by atoms with Gasteiger partial charge in [0.2, 0.25) is 11.7 Å². The number of ether oxygens (including phenoxy) is 5. The number of esters is 1. The smallest absolute Gasteiger partial charge is 0.420 e. The lowest BCUT2D eigenvalue weighted by atomic mass is 10.0. The topological polar surface area (TPSA) is 161 Å². The van der Waals surface area contributed by atoms with Crippen molar-refractivity contribution in [2.24, 2.45) is 0 Å². The molecule has 5 aromatic rings. The predicted octanol–water partition coefficient (Wildman–Crippen LogP) is 5.55. The SMILES string of the molecule is COc1cc(N(Cc2ccc3nc(N)nc(N)c3c2C)C(=O)Oc2ccc(C(=O)Oc3ccccc3)cc2)cc(OC)c1OC. The molecule has 12 heteroatoms. The van der Waals surface area contributed by atoms with E-state index in [0.29, 0.717) is 39.6 Å². The number of aryl methyl sites for hydroxylation is 1. The van der Waals surface area contributed by atoms with E-state index in [2.05, 4.69) is 9.97 Å². The van der Waals surface area contributed by atoms with Crippen LogP contribution in [0.1, 0.15) is 21.5 Å². The molecule has 1 heterocycles. The second-order valence-electron chi connectivity index (χ2n) is 9.78. The van der Waals surface area contributed by atoms with Gasteiger partial charge >= 0.3 is 12.1 Å². The molecule has 0 saturated carbocycles. The van der Waals surface area contributed by atoms with Crippen LogP contribution in [0.3, 0.4) is 0 Å². The molecule has 1 aromatic heterocycles. The number of benzene rings is 4. The lowest BCUT2D eigenvalue weighted by molar-refractivity contribution is 0.0734. The summed E-state index contributed by atoms with van der Waals surface area (Å²) in [5.74, 6) is 1.41. The molecule has 0 radical (unpaired) electrons. The Labute approximate surface area is 259 Å². The average Bonchev–Trinajstić information content (AvgIpc) is 3.04. The van der Waals surface area contributed by atoms with Crippen molar-refractivity contribution in [1.29, 1.82) is 0 Å². The van der Waals surface area contributed by atoms with E-state index >= 15 is 0 Å². The van der Waals surface area contributed by atoms with Gasteiger partial charge in [0.15, 0.2) is 11.5 Å². The summed E-state index contributed by atoms with van der Waals surface area (Å²) in [5, 5.41) is 0.623. The monoisotopic (exact) mass is 609 g/mol. The van der Waals surface area contributed by atoms with Gasteiger partial charge in [0.05, 0.1) is 44.6 Å². The number of para-hydroxylation sites is 1. The maximum absolute atomic E-state index is 13.9. The Morgan fingerprint density at radius 1 is 0.778 bits per heavy atom.